The van der Waals surface area contributed by atoms with Gasteiger partial charge in [-0.05, 0) is 43.2 Å². The third-order valence-electron chi connectivity index (χ3n) is 5.70. The largest absolute Gasteiger partial charge is 0.491 e. The molecule has 1 aliphatic rings. The van der Waals surface area contributed by atoms with Gasteiger partial charge < -0.3 is 9.30 Å². The third-order valence-corrected chi connectivity index (χ3v) is 5.70. The molecule has 1 aliphatic heterocycles. The standard InChI is InChI=1S/C25H25N3O4/c1-16-9-10-17(2)22(13-16)32-12-11-28-15-18(19-7-5-6-8-21(19)28)14-20-23(29)26(3)25(31)27(4)24(20)30/h5-10,13-15H,11-12H2,1-4H3. The summed E-state index contributed by atoms with van der Waals surface area (Å²) in [5.41, 5.74) is 3.89. The number of nitrogens with zero attached hydrogens (tertiary/aromatic N) is 3. The quantitative estimate of drug-likeness (QED) is 0.455. The number of para-hydroxylation sites is 1. The van der Waals surface area contributed by atoms with E-state index < -0.39 is 17.8 Å². The normalized spacial score (nSPS) is 14.5. The van der Waals surface area contributed by atoms with E-state index in [0.717, 1.165) is 43.1 Å². The fourth-order valence-corrected chi connectivity index (χ4v) is 3.82. The van der Waals surface area contributed by atoms with Gasteiger partial charge in [-0.2, -0.15) is 0 Å². The molecule has 32 heavy (non-hydrogen) atoms. The Morgan fingerprint density at radius 2 is 1.62 bits per heavy atom. The fourth-order valence-electron chi connectivity index (χ4n) is 3.82. The number of carbonyl (C=O) groups excluding carboxylic acids is 3. The van der Waals surface area contributed by atoms with E-state index >= 15 is 0 Å². The average molecular weight is 431 g/mol. The lowest BCUT2D eigenvalue weighted by molar-refractivity contribution is -0.134. The first-order chi connectivity index (χ1) is 15.3. The smallest absolute Gasteiger partial charge is 0.333 e. The number of barbiturate groups is 1. The first-order valence-electron chi connectivity index (χ1n) is 10.4. The van der Waals surface area contributed by atoms with E-state index in [0.29, 0.717) is 13.2 Å². The number of aromatic nitrogens is 1. The van der Waals surface area contributed by atoms with Gasteiger partial charge in [0.05, 0.1) is 6.54 Å². The van der Waals surface area contributed by atoms with E-state index in [1.54, 1.807) is 6.08 Å². The highest BCUT2D eigenvalue weighted by atomic mass is 16.5. The Hall–Kier alpha value is -3.87. The zero-order valence-electron chi connectivity index (χ0n) is 18.6. The number of hydrogen-bond donors (Lipinski definition) is 0. The van der Waals surface area contributed by atoms with Gasteiger partial charge in [0.2, 0.25) is 0 Å². The molecule has 7 heteroatoms. The molecule has 2 heterocycles. The third kappa shape index (κ3) is 3.77. The van der Waals surface area contributed by atoms with Crippen molar-refractivity contribution in [3.8, 4) is 5.75 Å². The zero-order chi connectivity index (χ0) is 23.0. The molecule has 1 saturated heterocycles. The summed E-state index contributed by atoms with van der Waals surface area (Å²) in [6, 6.07) is 13.3. The van der Waals surface area contributed by atoms with Crippen LogP contribution in [-0.4, -0.2) is 52.9 Å². The van der Waals surface area contributed by atoms with Crippen LogP contribution in [0.5, 0.6) is 5.75 Å². The summed E-state index contributed by atoms with van der Waals surface area (Å²) in [5, 5.41) is 0.912. The fraction of sp³-hybridized carbons (Fsp3) is 0.240. The second-order valence-electron chi connectivity index (χ2n) is 7.98. The van der Waals surface area contributed by atoms with E-state index in [2.05, 4.69) is 6.07 Å². The molecule has 0 spiro atoms. The van der Waals surface area contributed by atoms with Crippen LogP contribution in [0.15, 0.2) is 54.2 Å². The number of amides is 4. The molecule has 1 aromatic heterocycles. The first-order valence-corrected chi connectivity index (χ1v) is 10.4. The predicted molar refractivity (Wildman–Crippen MR) is 122 cm³/mol. The molecule has 4 amide bonds. The molecule has 7 nitrogen and oxygen atoms in total. The molecule has 2 aromatic carbocycles. The summed E-state index contributed by atoms with van der Waals surface area (Å²) in [6.45, 7) is 5.11. The Balaban J connectivity index is 1.64. The maximum absolute atomic E-state index is 12.6. The van der Waals surface area contributed by atoms with Crippen LogP contribution in [0.1, 0.15) is 16.7 Å². The number of aryl methyl sites for hydroxylation is 2. The molecule has 1 fully saturated rings. The Morgan fingerprint density at radius 3 is 2.34 bits per heavy atom. The van der Waals surface area contributed by atoms with Crippen molar-refractivity contribution in [1.82, 2.24) is 14.4 Å². The number of rotatable bonds is 5. The molecular weight excluding hydrogens is 406 g/mol. The molecule has 4 rings (SSSR count). The van der Waals surface area contributed by atoms with Crippen LogP contribution < -0.4 is 4.74 Å². The SMILES string of the molecule is Cc1ccc(C)c(OCCn2cc(C=C3C(=O)N(C)C(=O)N(C)C3=O)c3ccccc32)c1. The number of benzene rings is 2. The van der Waals surface area contributed by atoms with Gasteiger partial charge in [-0.3, -0.25) is 19.4 Å². The number of carbonyl (C=O) groups is 3. The summed E-state index contributed by atoms with van der Waals surface area (Å²) in [5.74, 6) is -0.348. The van der Waals surface area contributed by atoms with Crippen molar-refractivity contribution in [3.63, 3.8) is 0 Å². The van der Waals surface area contributed by atoms with Crippen LogP contribution in [0.3, 0.4) is 0 Å². The van der Waals surface area contributed by atoms with Gasteiger partial charge in [-0.25, -0.2) is 4.79 Å². The van der Waals surface area contributed by atoms with Crippen LogP contribution in [0.4, 0.5) is 4.79 Å². The molecule has 3 aromatic rings. The summed E-state index contributed by atoms with van der Waals surface area (Å²) in [7, 11) is 2.74. The highest BCUT2D eigenvalue weighted by Gasteiger charge is 2.37. The molecule has 0 N–H and O–H groups in total. The van der Waals surface area contributed by atoms with Crippen molar-refractivity contribution in [3.05, 3.63) is 70.9 Å². The van der Waals surface area contributed by atoms with Gasteiger partial charge in [0.25, 0.3) is 11.8 Å². The predicted octanol–water partition coefficient (Wildman–Crippen LogP) is 3.77. The lowest BCUT2D eigenvalue weighted by Crippen LogP contribution is -2.52. The monoisotopic (exact) mass is 431 g/mol. The number of hydrogen-bond acceptors (Lipinski definition) is 4. The van der Waals surface area contributed by atoms with Gasteiger partial charge in [0, 0.05) is 36.8 Å². The van der Waals surface area contributed by atoms with Crippen LogP contribution in [0, 0.1) is 13.8 Å². The van der Waals surface area contributed by atoms with E-state index in [4.69, 9.17) is 4.74 Å². The Kier molecular flexibility index (Phi) is 5.57. The van der Waals surface area contributed by atoms with Crippen molar-refractivity contribution in [2.24, 2.45) is 0 Å². The van der Waals surface area contributed by atoms with Crippen LogP contribution in [0.25, 0.3) is 17.0 Å². The molecule has 0 unspecified atom stereocenters. The van der Waals surface area contributed by atoms with E-state index in [9.17, 15) is 14.4 Å². The van der Waals surface area contributed by atoms with Crippen LogP contribution >= 0.6 is 0 Å². The Morgan fingerprint density at radius 1 is 0.938 bits per heavy atom. The summed E-state index contributed by atoms with van der Waals surface area (Å²) in [6.07, 6.45) is 3.47. The van der Waals surface area contributed by atoms with Crippen molar-refractivity contribution < 1.29 is 19.1 Å². The summed E-state index contributed by atoms with van der Waals surface area (Å²) < 4.78 is 8.05. The molecule has 0 radical (unpaired) electrons. The minimum absolute atomic E-state index is 0.0378. The van der Waals surface area contributed by atoms with Crippen molar-refractivity contribution in [2.75, 3.05) is 20.7 Å². The van der Waals surface area contributed by atoms with E-state index in [1.165, 1.54) is 14.1 Å². The number of likely N-dealkylation sites (N-methyl/N-ethyl adjacent to an activating group) is 2. The Labute approximate surface area is 186 Å². The molecule has 0 atom stereocenters. The van der Waals surface area contributed by atoms with Gasteiger partial charge in [0.15, 0.2) is 0 Å². The average Bonchev–Trinajstić information content (AvgIpc) is 3.14. The molecule has 164 valence electrons. The minimum atomic E-state index is -0.636. The van der Waals surface area contributed by atoms with Gasteiger partial charge >= 0.3 is 6.03 Å². The van der Waals surface area contributed by atoms with Crippen molar-refractivity contribution in [2.45, 2.75) is 20.4 Å². The van der Waals surface area contributed by atoms with Crippen LogP contribution in [0.2, 0.25) is 0 Å². The lowest BCUT2D eigenvalue weighted by Gasteiger charge is -2.28. The lowest BCUT2D eigenvalue weighted by atomic mass is 10.1. The number of imide groups is 2. The number of fused-ring (bicyclic) bond motifs is 1. The maximum atomic E-state index is 12.6. The van der Waals surface area contributed by atoms with Crippen LogP contribution in [-0.2, 0) is 16.1 Å². The number of ether oxygens (including phenoxy) is 1. The minimum Gasteiger partial charge on any atom is -0.491 e. The second kappa shape index (κ2) is 8.34. The second-order valence-corrected chi connectivity index (χ2v) is 7.98. The highest BCUT2D eigenvalue weighted by Crippen LogP contribution is 2.26. The van der Waals surface area contributed by atoms with Crippen molar-refractivity contribution >= 4 is 34.8 Å². The van der Waals surface area contributed by atoms with E-state index in [1.807, 2.05) is 61.0 Å². The molecular formula is C25H25N3O4. The van der Waals surface area contributed by atoms with Gasteiger partial charge in [0.1, 0.15) is 17.9 Å². The van der Waals surface area contributed by atoms with E-state index in [-0.39, 0.29) is 5.57 Å². The topological polar surface area (TPSA) is 71.8 Å². The summed E-state index contributed by atoms with van der Waals surface area (Å²) >= 11 is 0. The molecule has 0 aliphatic carbocycles. The highest BCUT2D eigenvalue weighted by molar-refractivity contribution is 6.31. The maximum Gasteiger partial charge on any atom is 0.333 e. The zero-order valence-corrected chi connectivity index (χ0v) is 18.6. The number of urea groups is 1. The van der Waals surface area contributed by atoms with Gasteiger partial charge in [-0.15, -0.1) is 0 Å². The van der Waals surface area contributed by atoms with Gasteiger partial charge in [-0.1, -0.05) is 30.3 Å². The summed E-state index contributed by atoms with van der Waals surface area (Å²) in [4.78, 5) is 39.1. The Bertz CT molecular complexity index is 1250. The van der Waals surface area contributed by atoms with Crippen molar-refractivity contribution in [1.29, 1.82) is 0 Å². The molecule has 0 bridgehead atoms. The first kappa shape index (κ1) is 21.4. The molecule has 0 saturated carbocycles.